The highest BCUT2D eigenvalue weighted by atomic mass is 35.5. The molecule has 1 aromatic carbocycles. The van der Waals surface area contributed by atoms with Gasteiger partial charge in [-0.15, -0.1) is 0 Å². The lowest BCUT2D eigenvalue weighted by atomic mass is 10.2. The van der Waals surface area contributed by atoms with Crippen LogP contribution in [0.3, 0.4) is 0 Å². The van der Waals surface area contributed by atoms with Gasteiger partial charge in [-0.05, 0) is 18.2 Å². The predicted molar refractivity (Wildman–Crippen MR) is 58.4 cm³/mol. The maximum absolute atomic E-state index is 12.5. The number of rotatable bonds is 2. The molecule has 0 fully saturated rings. The summed E-state index contributed by atoms with van der Waals surface area (Å²) < 4.78 is 42.4. The normalized spacial score (nSPS) is 11.6. The Morgan fingerprint density at radius 3 is 2.50 bits per heavy atom. The molecule has 0 radical (unpaired) electrons. The standard InChI is InChI=1S/C9H6ClF3N4O/c10-5-1-4(9(11,12)13)2-6(3-5)15-8-17-16-7(14)18-8/h1-3H,(H2,14,16)(H,15,17). The second-order valence-corrected chi connectivity index (χ2v) is 3.73. The van der Waals surface area contributed by atoms with Crippen molar-refractivity contribution in [2.75, 3.05) is 11.1 Å². The molecule has 0 saturated heterocycles. The highest BCUT2D eigenvalue weighted by Gasteiger charge is 2.31. The molecule has 9 heteroatoms. The highest BCUT2D eigenvalue weighted by molar-refractivity contribution is 6.31. The second-order valence-electron chi connectivity index (χ2n) is 3.30. The third-order valence-corrected chi connectivity index (χ3v) is 2.14. The second kappa shape index (κ2) is 4.37. The zero-order valence-corrected chi connectivity index (χ0v) is 9.38. The number of nitrogens with two attached hydrogens (primary N) is 1. The molecule has 2 aromatic rings. The Balaban J connectivity index is 2.31. The van der Waals surface area contributed by atoms with Gasteiger partial charge >= 0.3 is 18.2 Å². The van der Waals surface area contributed by atoms with E-state index in [1.807, 2.05) is 0 Å². The van der Waals surface area contributed by atoms with E-state index in [1.165, 1.54) is 6.07 Å². The Morgan fingerprint density at radius 2 is 1.94 bits per heavy atom. The van der Waals surface area contributed by atoms with E-state index in [0.29, 0.717) is 0 Å². The van der Waals surface area contributed by atoms with Crippen molar-refractivity contribution in [3.63, 3.8) is 0 Å². The van der Waals surface area contributed by atoms with E-state index in [9.17, 15) is 13.2 Å². The zero-order chi connectivity index (χ0) is 13.3. The summed E-state index contributed by atoms with van der Waals surface area (Å²) in [5, 5.41) is 9.21. The molecule has 0 spiro atoms. The summed E-state index contributed by atoms with van der Waals surface area (Å²) in [5.41, 5.74) is 4.36. The first-order valence-electron chi connectivity index (χ1n) is 4.58. The molecule has 0 aliphatic heterocycles. The first-order valence-corrected chi connectivity index (χ1v) is 4.96. The summed E-state index contributed by atoms with van der Waals surface area (Å²) in [6.07, 6.45) is -4.49. The molecule has 0 atom stereocenters. The third kappa shape index (κ3) is 2.83. The minimum atomic E-state index is -4.49. The van der Waals surface area contributed by atoms with Gasteiger partial charge in [0.2, 0.25) is 0 Å². The van der Waals surface area contributed by atoms with Crippen LogP contribution >= 0.6 is 11.6 Å². The Labute approximate surface area is 104 Å². The first-order chi connectivity index (χ1) is 8.34. The number of nitrogens with zero attached hydrogens (tertiary/aromatic N) is 2. The minimum absolute atomic E-state index is 0.0680. The largest absolute Gasteiger partial charge is 0.416 e. The van der Waals surface area contributed by atoms with Gasteiger partial charge in [-0.1, -0.05) is 21.8 Å². The molecule has 1 heterocycles. The van der Waals surface area contributed by atoms with Gasteiger partial charge in [0, 0.05) is 10.7 Å². The predicted octanol–water partition coefficient (Wildman–Crippen LogP) is 3.07. The molecule has 5 nitrogen and oxygen atoms in total. The van der Waals surface area contributed by atoms with E-state index in [-0.39, 0.29) is 22.7 Å². The van der Waals surface area contributed by atoms with Crippen molar-refractivity contribution in [2.45, 2.75) is 6.18 Å². The molecular weight excluding hydrogens is 273 g/mol. The summed E-state index contributed by atoms with van der Waals surface area (Å²) in [4.78, 5) is 0. The Bertz CT molecular complexity index is 569. The van der Waals surface area contributed by atoms with Crippen LogP contribution in [0.5, 0.6) is 0 Å². The average molecular weight is 279 g/mol. The number of aromatic nitrogens is 2. The van der Waals surface area contributed by atoms with Crippen LogP contribution in [0.25, 0.3) is 0 Å². The van der Waals surface area contributed by atoms with Gasteiger partial charge in [-0.25, -0.2) is 0 Å². The van der Waals surface area contributed by atoms with Crippen LogP contribution in [-0.2, 0) is 6.18 Å². The molecule has 0 unspecified atom stereocenters. The van der Waals surface area contributed by atoms with Gasteiger partial charge < -0.3 is 15.5 Å². The summed E-state index contributed by atoms with van der Waals surface area (Å²) in [5.74, 6) is 0. The number of anilines is 3. The van der Waals surface area contributed by atoms with Gasteiger partial charge in [-0.3, -0.25) is 0 Å². The van der Waals surface area contributed by atoms with Crippen molar-refractivity contribution in [2.24, 2.45) is 0 Å². The van der Waals surface area contributed by atoms with E-state index < -0.39 is 11.7 Å². The summed E-state index contributed by atoms with van der Waals surface area (Å²) in [6.45, 7) is 0. The summed E-state index contributed by atoms with van der Waals surface area (Å²) in [7, 11) is 0. The van der Waals surface area contributed by atoms with Gasteiger partial charge in [0.15, 0.2) is 0 Å². The number of hydrogen-bond donors (Lipinski definition) is 2. The lowest BCUT2D eigenvalue weighted by Gasteiger charge is -2.09. The summed E-state index contributed by atoms with van der Waals surface area (Å²) in [6, 6.07) is 2.65. The number of alkyl halides is 3. The van der Waals surface area contributed by atoms with E-state index in [2.05, 4.69) is 15.5 Å². The van der Waals surface area contributed by atoms with Crippen LogP contribution in [0.2, 0.25) is 5.02 Å². The fourth-order valence-corrected chi connectivity index (χ4v) is 1.47. The minimum Gasteiger partial charge on any atom is -0.389 e. The van der Waals surface area contributed by atoms with E-state index in [4.69, 9.17) is 21.8 Å². The molecule has 0 amide bonds. The van der Waals surface area contributed by atoms with Crippen LogP contribution in [-0.4, -0.2) is 10.2 Å². The quantitative estimate of drug-likeness (QED) is 0.883. The monoisotopic (exact) mass is 278 g/mol. The fourth-order valence-electron chi connectivity index (χ4n) is 1.23. The number of hydrogen-bond acceptors (Lipinski definition) is 5. The van der Waals surface area contributed by atoms with Crippen molar-refractivity contribution in [1.82, 2.24) is 10.2 Å². The van der Waals surface area contributed by atoms with E-state index >= 15 is 0 Å². The maximum atomic E-state index is 12.5. The maximum Gasteiger partial charge on any atom is 0.416 e. The van der Waals surface area contributed by atoms with E-state index in [1.54, 1.807) is 0 Å². The molecule has 18 heavy (non-hydrogen) atoms. The molecule has 1 aromatic heterocycles. The van der Waals surface area contributed by atoms with Gasteiger partial charge in [-0.2, -0.15) is 13.2 Å². The molecule has 0 saturated carbocycles. The van der Waals surface area contributed by atoms with Crippen LogP contribution in [0.4, 0.5) is 30.9 Å². The molecule has 2 rings (SSSR count). The smallest absolute Gasteiger partial charge is 0.389 e. The molecule has 0 aliphatic carbocycles. The molecule has 0 aliphatic rings. The van der Waals surface area contributed by atoms with Crippen molar-refractivity contribution in [3.8, 4) is 0 Å². The van der Waals surface area contributed by atoms with E-state index in [0.717, 1.165) is 12.1 Å². The molecule has 96 valence electrons. The van der Waals surface area contributed by atoms with Crippen molar-refractivity contribution < 1.29 is 17.6 Å². The fraction of sp³-hybridized carbons (Fsp3) is 0.111. The van der Waals surface area contributed by atoms with Gasteiger partial charge in [0.05, 0.1) is 5.56 Å². The number of nitrogens with one attached hydrogen (secondary N) is 1. The Kier molecular flexibility index (Phi) is 3.04. The third-order valence-electron chi connectivity index (χ3n) is 1.92. The number of nitrogen functional groups attached to an aromatic ring is 1. The Morgan fingerprint density at radius 1 is 1.22 bits per heavy atom. The SMILES string of the molecule is Nc1nnc(Nc2cc(Cl)cc(C(F)(F)F)c2)o1. The summed E-state index contributed by atoms with van der Waals surface area (Å²) >= 11 is 5.60. The number of halogens is 4. The van der Waals surface area contributed by atoms with Crippen LogP contribution in [0.15, 0.2) is 22.6 Å². The lowest BCUT2D eigenvalue weighted by Crippen LogP contribution is -2.05. The van der Waals surface area contributed by atoms with Crippen molar-refractivity contribution in [3.05, 3.63) is 28.8 Å². The van der Waals surface area contributed by atoms with Gasteiger partial charge in [0.1, 0.15) is 0 Å². The lowest BCUT2D eigenvalue weighted by molar-refractivity contribution is -0.137. The van der Waals surface area contributed by atoms with Crippen LogP contribution < -0.4 is 11.1 Å². The van der Waals surface area contributed by atoms with Crippen molar-refractivity contribution >= 4 is 29.3 Å². The van der Waals surface area contributed by atoms with Gasteiger partial charge in [0.25, 0.3) is 0 Å². The van der Waals surface area contributed by atoms with Crippen LogP contribution in [0.1, 0.15) is 5.56 Å². The topological polar surface area (TPSA) is 77.0 Å². The molecular formula is C9H6ClF3N4O. The highest BCUT2D eigenvalue weighted by Crippen LogP contribution is 2.33. The molecule has 0 bridgehead atoms. The molecule has 3 N–H and O–H groups in total. The first kappa shape index (κ1) is 12.5. The average Bonchev–Trinajstić information content (AvgIpc) is 2.61. The van der Waals surface area contributed by atoms with Crippen LogP contribution in [0, 0.1) is 0 Å². The Hall–Kier alpha value is -1.96. The van der Waals surface area contributed by atoms with Crippen molar-refractivity contribution in [1.29, 1.82) is 0 Å². The zero-order valence-electron chi connectivity index (χ0n) is 8.62. The number of benzene rings is 1.